The summed E-state index contributed by atoms with van der Waals surface area (Å²) in [6, 6.07) is 7.67. The van der Waals surface area contributed by atoms with Gasteiger partial charge in [0.05, 0.1) is 6.54 Å². The molecule has 0 saturated carbocycles. The van der Waals surface area contributed by atoms with Crippen LogP contribution in [0, 0.1) is 13.8 Å². The van der Waals surface area contributed by atoms with Gasteiger partial charge in [0.1, 0.15) is 17.9 Å². The smallest absolute Gasteiger partial charge is 0.323 e. The van der Waals surface area contributed by atoms with Crippen LogP contribution in [0.4, 0.5) is 5.69 Å². The second-order valence-electron chi connectivity index (χ2n) is 4.38. The normalized spacial score (nSPS) is 10.4. The van der Waals surface area contributed by atoms with Crippen molar-refractivity contribution >= 4 is 11.7 Å². The van der Waals surface area contributed by atoms with Crippen LogP contribution in [-0.2, 0) is 11.3 Å². The molecule has 0 unspecified atom stereocenters. The van der Waals surface area contributed by atoms with E-state index in [1.807, 2.05) is 31.2 Å². The first-order chi connectivity index (χ1) is 9.06. The minimum atomic E-state index is -0.894. The SMILES string of the molecule is Cc1ccc(N(CC(=O)O)Cc2nonc2C)cc1. The number of carboxylic acid groups (broad SMARTS) is 1. The number of hydrogen-bond acceptors (Lipinski definition) is 5. The van der Waals surface area contributed by atoms with Crippen LogP contribution in [0.25, 0.3) is 0 Å². The van der Waals surface area contributed by atoms with Crippen LogP contribution < -0.4 is 4.90 Å². The van der Waals surface area contributed by atoms with Crippen molar-refractivity contribution in [2.75, 3.05) is 11.4 Å². The molecule has 0 fully saturated rings. The summed E-state index contributed by atoms with van der Waals surface area (Å²) >= 11 is 0. The highest BCUT2D eigenvalue weighted by atomic mass is 16.6. The van der Waals surface area contributed by atoms with Crippen LogP contribution >= 0.6 is 0 Å². The molecule has 1 heterocycles. The van der Waals surface area contributed by atoms with E-state index in [-0.39, 0.29) is 6.54 Å². The number of carbonyl (C=O) groups is 1. The lowest BCUT2D eigenvalue weighted by Gasteiger charge is -2.21. The zero-order valence-electron chi connectivity index (χ0n) is 10.8. The van der Waals surface area contributed by atoms with Gasteiger partial charge in [-0.15, -0.1) is 0 Å². The third-order valence-electron chi connectivity index (χ3n) is 2.81. The molecule has 1 aromatic carbocycles. The molecular weight excluding hydrogens is 246 g/mol. The number of nitrogens with zero attached hydrogens (tertiary/aromatic N) is 3. The van der Waals surface area contributed by atoms with Gasteiger partial charge in [-0.25, -0.2) is 4.63 Å². The molecule has 0 spiro atoms. The lowest BCUT2D eigenvalue weighted by Crippen LogP contribution is -2.29. The first kappa shape index (κ1) is 13.1. The number of hydrogen-bond donors (Lipinski definition) is 1. The Balaban J connectivity index is 2.23. The Morgan fingerprint density at radius 1 is 1.26 bits per heavy atom. The topological polar surface area (TPSA) is 79.5 Å². The van der Waals surface area contributed by atoms with Crippen LogP contribution in [-0.4, -0.2) is 27.9 Å². The monoisotopic (exact) mass is 261 g/mol. The summed E-state index contributed by atoms with van der Waals surface area (Å²) < 4.78 is 4.63. The highest BCUT2D eigenvalue weighted by Gasteiger charge is 2.15. The Labute approximate surface area is 110 Å². The van der Waals surface area contributed by atoms with E-state index in [4.69, 9.17) is 5.11 Å². The van der Waals surface area contributed by atoms with Crippen molar-refractivity contribution in [1.29, 1.82) is 0 Å². The standard InChI is InChI=1S/C13H15N3O3/c1-9-3-5-11(6-4-9)16(8-13(17)18)7-12-10(2)14-19-15-12/h3-6H,7-8H2,1-2H3,(H,17,18). The van der Waals surface area contributed by atoms with Crippen LogP contribution in [0.1, 0.15) is 17.0 Å². The number of rotatable bonds is 5. The highest BCUT2D eigenvalue weighted by molar-refractivity contribution is 5.73. The van der Waals surface area contributed by atoms with Gasteiger partial charge in [0.15, 0.2) is 0 Å². The molecule has 1 N–H and O–H groups in total. The fraction of sp³-hybridized carbons (Fsp3) is 0.308. The summed E-state index contributed by atoms with van der Waals surface area (Å²) in [5.41, 5.74) is 3.26. The summed E-state index contributed by atoms with van der Waals surface area (Å²) in [4.78, 5) is 12.7. The van der Waals surface area contributed by atoms with Crippen LogP contribution in [0.15, 0.2) is 28.9 Å². The molecule has 6 nitrogen and oxygen atoms in total. The van der Waals surface area contributed by atoms with Crippen molar-refractivity contribution in [3.8, 4) is 0 Å². The number of benzene rings is 1. The number of aliphatic carboxylic acids is 1. The van der Waals surface area contributed by atoms with E-state index >= 15 is 0 Å². The maximum atomic E-state index is 11.0. The molecule has 0 saturated heterocycles. The molecule has 0 radical (unpaired) electrons. The van der Waals surface area contributed by atoms with E-state index in [1.54, 1.807) is 11.8 Å². The molecule has 0 aliphatic heterocycles. The zero-order chi connectivity index (χ0) is 13.8. The maximum Gasteiger partial charge on any atom is 0.323 e. The highest BCUT2D eigenvalue weighted by Crippen LogP contribution is 2.18. The average molecular weight is 261 g/mol. The predicted octanol–water partition coefficient (Wildman–Crippen LogP) is 1.78. The van der Waals surface area contributed by atoms with Gasteiger partial charge >= 0.3 is 5.97 Å². The van der Waals surface area contributed by atoms with Gasteiger partial charge in [-0.2, -0.15) is 0 Å². The number of aromatic nitrogens is 2. The van der Waals surface area contributed by atoms with Gasteiger partial charge in [0.2, 0.25) is 0 Å². The van der Waals surface area contributed by atoms with E-state index in [1.165, 1.54) is 0 Å². The van der Waals surface area contributed by atoms with Gasteiger partial charge in [-0.1, -0.05) is 28.0 Å². The molecule has 19 heavy (non-hydrogen) atoms. The summed E-state index contributed by atoms with van der Waals surface area (Å²) in [5.74, 6) is -0.894. The van der Waals surface area contributed by atoms with Gasteiger partial charge in [-0.3, -0.25) is 4.79 Å². The Kier molecular flexibility index (Phi) is 3.79. The van der Waals surface area contributed by atoms with Gasteiger partial charge < -0.3 is 10.0 Å². The van der Waals surface area contributed by atoms with Crippen LogP contribution in [0.2, 0.25) is 0 Å². The largest absolute Gasteiger partial charge is 0.480 e. The van der Waals surface area contributed by atoms with E-state index in [0.717, 1.165) is 11.3 Å². The molecule has 6 heteroatoms. The van der Waals surface area contributed by atoms with Crippen molar-refractivity contribution in [3.63, 3.8) is 0 Å². The molecule has 0 amide bonds. The second-order valence-corrected chi connectivity index (χ2v) is 4.38. The number of aryl methyl sites for hydroxylation is 2. The summed E-state index contributed by atoms with van der Waals surface area (Å²) in [6.45, 7) is 4.01. The molecule has 0 aliphatic rings. The quantitative estimate of drug-likeness (QED) is 0.883. The van der Waals surface area contributed by atoms with Crippen molar-refractivity contribution in [2.24, 2.45) is 0 Å². The van der Waals surface area contributed by atoms with Crippen molar-refractivity contribution in [2.45, 2.75) is 20.4 Å². The van der Waals surface area contributed by atoms with E-state index < -0.39 is 5.97 Å². The fourth-order valence-corrected chi connectivity index (χ4v) is 1.73. The number of anilines is 1. The third kappa shape index (κ3) is 3.31. The van der Waals surface area contributed by atoms with Crippen molar-refractivity contribution < 1.29 is 14.5 Å². The Morgan fingerprint density at radius 3 is 2.47 bits per heavy atom. The third-order valence-corrected chi connectivity index (χ3v) is 2.81. The van der Waals surface area contributed by atoms with E-state index in [9.17, 15) is 4.79 Å². The summed E-state index contributed by atoms with van der Waals surface area (Å²) in [5, 5.41) is 16.5. The molecule has 0 bridgehead atoms. The molecule has 0 aliphatic carbocycles. The summed E-state index contributed by atoms with van der Waals surface area (Å²) in [7, 11) is 0. The van der Waals surface area contributed by atoms with Crippen LogP contribution in [0.3, 0.4) is 0 Å². The van der Waals surface area contributed by atoms with Crippen molar-refractivity contribution in [3.05, 3.63) is 41.2 Å². The molecule has 0 atom stereocenters. The minimum Gasteiger partial charge on any atom is -0.480 e. The van der Waals surface area contributed by atoms with Gasteiger partial charge in [0, 0.05) is 5.69 Å². The van der Waals surface area contributed by atoms with Crippen molar-refractivity contribution in [1.82, 2.24) is 10.3 Å². The lowest BCUT2D eigenvalue weighted by molar-refractivity contribution is -0.135. The van der Waals surface area contributed by atoms with Gasteiger partial charge in [0.25, 0.3) is 0 Å². The second kappa shape index (κ2) is 5.51. The molecule has 1 aromatic heterocycles. The summed E-state index contributed by atoms with van der Waals surface area (Å²) in [6.07, 6.45) is 0. The minimum absolute atomic E-state index is 0.102. The number of carboxylic acids is 1. The fourth-order valence-electron chi connectivity index (χ4n) is 1.73. The van der Waals surface area contributed by atoms with Gasteiger partial charge in [-0.05, 0) is 26.0 Å². The molecular formula is C13H15N3O3. The predicted molar refractivity (Wildman–Crippen MR) is 68.9 cm³/mol. The first-order valence-electron chi connectivity index (χ1n) is 5.87. The molecule has 2 aromatic rings. The molecule has 100 valence electrons. The van der Waals surface area contributed by atoms with Crippen LogP contribution in [0.5, 0.6) is 0 Å². The average Bonchev–Trinajstić information content (AvgIpc) is 2.75. The zero-order valence-corrected chi connectivity index (χ0v) is 10.8. The van der Waals surface area contributed by atoms with E-state index in [2.05, 4.69) is 14.9 Å². The Hall–Kier alpha value is -2.37. The lowest BCUT2D eigenvalue weighted by atomic mass is 10.2. The Morgan fingerprint density at radius 2 is 1.95 bits per heavy atom. The first-order valence-corrected chi connectivity index (χ1v) is 5.87. The maximum absolute atomic E-state index is 11.0. The van der Waals surface area contributed by atoms with E-state index in [0.29, 0.717) is 17.9 Å². The molecule has 2 rings (SSSR count). The Bertz CT molecular complexity index is 563.